The summed E-state index contributed by atoms with van der Waals surface area (Å²) in [6.45, 7) is 4.05. The third-order valence-electron chi connectivity index (χ3n) is 5.36. The van der Waals surface area contributed by atoms with E-state index in [0.717, 1.165) is 44.1 Å². The predicted octanol–water partition coefficient (Wildman–Crippen LogP) is 3.55. The van der Waals surface area contributed by atoms with Crippen molar-refractivity contribution >= 4 is 29.1 Å². The zero-order valence-electron chi connectivity index (χ0n) is 15.4. The lowest BCUT2D eigenvalue weighted by atomic mass is 9.88. The molecule has 6 heteroatoms. The standard InChI is InChI=1S/C20H26ClN3O2/c1-3-14(2)22-17(25)13-24-19(26)18(15-7-9-16(21)10-8-15)23-20(24)11-5-4-6-12-20/h7-10,14H,3-6,11-13H2,1-2H3,(H,22,25). The normalized spacial score (nSPS) is 20.2. The van der Waals surface area contributed by atoms with Crippen molar-refractivity contribution in [3.8, 4) is 0 Å². The molecule has 2 aliphatic rings. The zero-order valence-corrected chi connectivity index (χ0v) is 16.2. The van der Waals surface area contributed by atoms with Crippen molar-refractivity contribution in [2.45, 2.75) is 64.1 Å². The van der Waals surface area contributed by atoms with Gasteiger partial charge in [0.1, 0.15) is 17.9 Å². The number of halogens is 1. The average Bonchev–Trinajstić information content (AvgIpc) is 2.89. The first-order chi connectivity index (χ1) is 12.4. The van der Waals surface area contributed by atoms with Crippen LogP contribution in [0.4, 0.5) is 0 Å². The van der Waals surface area contributed by atoms with Crippen LogP contribution < -0.4 is 5.32 Å². The van der Waals surface area contributed by atoms with E-state index in [2.05, 4.69) is 5.32 Å². The molecule has 1 atom stereocenters. The van der Waals surface area contributed by atoms with Crippen LogP contribution in [-0.2, 0) is 9.59 Å². The summed E-state index contributed by atoms with van der Waals surface area (Å²) in [6, 6.07) is 7.26. The Kier molecular flexibility index (Phi) is 5.66. The monoisotopic (exact) mass is 375 g/mol. The van der Waals surface area contributed by atoms with Crippen LogP contribution in [0.1, 0.15) is 57.9 Å². The number of nitrogens with one attached hydrogen (secondary N) is 1. The lowest BCUT2D eigenvalue weighted by Gasteiger charge is -2.38. The highest BCUT2D eigenvalue weighted by molar-refractivity contribution is 6.47. The summed E-state index contributed by atoms with van der Waals surface area (Å²) in [5.41, 5.74) is 0.631. The Labute approximate surface area is 159 Å². The fourth-order valence-corrected chi connectivity index (χ4v) is 3.84. The van der Waals surface area contributed by atoms with Gasteiger partial charge in [0.25, 0.3) is 5.91 Å². The lowest BCUT2D eigenvalue weighted by molar-refractivity contribution is -0.136. The summed E-state index contributed by atoms with van der Waals surface area (Å²) >= 11 is 5.97. The van der Waals surface area contributed by atoms with E-state index >= 15 is 0 Å². The summed E-state index contributed by atoms with van der Waals surface area (Å²) < 4.78 is 0. The SMILES string of the molecule is CCC(C)NC(=O)CN1C(=O)C(c2ccc(Cl)cc2)=NC12CCCCC2. The van der Waals surface area contributed by atoms with Gasteiger partial charge in [-0.25, -0.2) is 0 Å². The summed E-state index contributed by atoms with van der Waals surface area (Å²) in [5.74, 6) is -0.279. The van der Waals surface area contributed by atoms with Crippen LogP contribution >= 0.6 is 11.6 Å². The van der Waals surface area contributed by atoms with E-state index in [-0.39, 0.29) is 24.4 Å². The third-order valence-corrected chi connectivity index (χ3v) is 5.62. The number of benzene rings is 1. The Balaban J connectivity index is 1.87. The van der Waals surface area contributed by atoms with E-state index in [4.69, 9.17) is 16.6 Å². The van der Waals surface area contributed by atoms with Crippen molar-refractivity contribution in [1.29, 1.82) is 0 Å². The smallest absolute Gasteiger partial charge is 0.275 e. The molecule has 1 aromatic carbocycles. The second-order valence-corrected chi connectivity index (χ2v) is 7.71. The lowest BCUT2D eigenvalue weighted by Crippen LogP contribution is -2.52. The Morgan fingerprint density at radius 3 is 2.54 bits per heavy atom. The summed E-state index contributed by atoms with van der Waals surface area (Å²) in [6.07, 6.45) is 5.67. The highest BCUT2D eigenvalue weighted by Crippen LogP contribution is 2.39. The molecule has 2 amide bonds. The average molecular weight is 376 g/mol. The minimum absolute atomic E-state index is 0.0593. The maximum Gasteiger partial charge on any atom is 0.275 e. The maximum atomic E-state index is 13.1. The Morgan fingerprint density at radius 2 is 1.92 bits per heavy atom. The molecule has 1 heterocycles. The maximum absolute atomic E-state index is 13.1. The number of nitrogens with zero attached hydrogens (tertiary/aromatic N) is 2. The second-order valence-electron chi connectivity index (χ2n) is 7.28. The van der Waals surface area contributed by atoms with Crippen LogP contribution in [0, 0.1) is 0 Å². The second kappa shape index (κ2) is 7.78. The van der Waals surface area contributed by atoms with Gasteiger partial charge in [-0.1, -0.05) is 37.1 Å². The minimum atomic E-state index is -0.572. The van der Waals surface area contributed by atoms with Gasteiger partial charge in [0.05, 0.1) is 0 Å². The molecule has 3 rings (SSSR count). The van der Waals surface area contributed by atoms with Crippen LogP contribution in [0.5, 0.6) is 0 Å². The molecule has 5 nitrogen and oxygen atoms in total. The zero-order chi connectivity index (χ0) is 18.7. The molecule has 0 saturated heterocycles. The molecule has 1 aliphatic carbocycles. The van der Waals surface area contributed by atoms with Gasteiger partial charge in [0.2, 0.25) is 5.91 Å². The van der Waals surface area contributed by atoms with Crippen molar-refractivity contribution in [3.05, 3.63) is 34.9 Å². The van der Waals surface area contributed by atoms with Crippen LogP contribution in [-0.4, -0.2) is 40.7 Å². The van der Waals surface area contributed by atoms with Crippen LogP contribution in [0.25, 0.3) is 0 Å². The van der Waals surface area contributed by atoms with Gasteiger partial charge in [0, 0.05) is 16.6 Å². The third kappa shape index (κ3) is 3.78. The topological polar surface area (TPSA) is 61.8 Å². The highest BCUT2D eigenvalue weighted by atomic mass is 35.5. The molecule has 0 aromatic heterocycles. The summed E-state index contributed by atoms with van der Waals surface area (Å²) in [4.78, 5) is 32.1. The minimum Gasteiger partial charge on any atom is -0.352 e. The van der Waals surface area contributed by atoms with Crippen molar-refractivity contribution in [2.75, 3.05) is 6.54 Å². The number of carbonyl (C=O) groups is 2. The number of hydrogen-bond donors (Lipinski definition) is 1. The van der Waals surface area contributed by atoms with Crippen LogP contribution in [0.2, 0.25) is 5.02 Å². The molecule has 1 aromatic rings. The molecule has 1 fully saturated rings. The van der Waals surface area contributed by atoms with E-state index in [1.165, 1.54) is 0 Å². The molecular formula is C20H26ClN3O2. The molecule has 1 spiro atoms. The van der Waals surface area contributed by atoms with Gasteiger partial charge < -0.3 is 10.2 Å². The number of rotatable bonds is 5. The van der Waals surface area contributed by atoms with Crippen molar-refractivity contribution < 1.29 is 9.59 Å². The first-order valence-corrected chi connectivity index (χ1v) is 9.80. The van der Waals surface area contributed by atoms with Crippen molar-refractivity contribution in [1.82, 2.24) is 10.2 Å². The molecule has 1 unspecified atom stereocenters. The molecule has 26 heavy (non-hydrogen) atoms. The molecular weight excluding hydrogens is 350 g/mol. The van der Waals surface area contributed by atoms with Gasteiger partial charge in [-0.15, -0.1) is 0 Å². The molecule has 1 N–H and O–H groups in total. The fourth-order valence-electron chi connectivity index (χ4n) is 3.71. The predicted molar refractivity (Wildman–Crippen MR) is 103 cm³/mol. The van der Waals surface area contributed by atoms with Gasteiger partial charge in [-0.2, -0.15) is 0 Å². The van der Waals surface area contributed by atoms with Gasteiger partial charge in [0.15, 0.2) is 0 Å². The van der Waals surface area contributed by atoms with Gasteiger partial charge in [-0.05, 0) is 51.2 Å². The number of amides is 2. The Bertz CT molecular complexity index is 708. The summed E-state index contributed by atoms with van der Waals surface area (Å²) in [7, 11) is 0. The largest absolute Gasteiger partial charge is 0.352 e. The quantitative estimate of drug-likeness (QED) is 0.855. The molecule has 1 aliphatic heterocycles. The molecule has 140 valence electrons. The van der Waals surface area contributed by atoms with Crippen molar-refractivity contribution in [2.24, 2.45) is 4.99 Å². The highest BCUT2D eigenvalue weighted by Gasteiger charge is 2.48. The van der Waals surface area contributed by atoms with Crippen LogP contribution in [0.3, 0.4) is 0 Å². The first kappa shape index (κ1) is 18.9. The Morgan fingerprint density at radius 1 is 1.27 bits per heavy atom. The number of carbonyl (C=O) groups excluding carboxylic acids is 2. The Hall–Kier alpha value is -1.88. The van der Waals surface area contributed by atoms with Crippen LogP contribution in [0.15, 0.2) is 29.3 Å². The van der Waals surface area contributed by atoms with E-state index in [1.807, 2.05) is 26.0 Å². The van der Waals surface area contributed by atoms with E-state index < -0.39 is 5.66 Å². The van der Waals surface area contributed by atoms with E-state index in [1.54, 1.807) is 17.0 Å². The van der Waals surface area contributed by atoms with E-state index in [0.29, 0.717) is 10.7 Å². The van der Waals surface area contributed by atoms with E-state index in [9.17, 15) is 9.59 Å². The first-order valence-electron chi connectivity index (χ1n) is 9.42. The summed E-state index contributed by atoms with van der Waals surface area (Å²) in [5, 5.41) is 3.58. The van der Waals surface area contributed by atoms with Crippen molar-refractivity contribution in [3.63, 3.8) is 0 Å². The number of aliphatic imine (C=N–C) groups is 1. The van der Waals surface area contributed by atoms with Gasteiger partial charge in [-0.3, -0.25) is 14.6 Å². The molecule has 0 bridgehead atoms. The molecule has 1 saturated carbocycles. The number of hydrogen-bond acceptors (Lipinski definition) is 3. The fraction of sp³-hybridized carbons (Fsp3) is 0.550. The molecule has 0 radical (unpaired) electrons. The van der Waals surface area contributed by atoms with Gasteiger partial charge >= 0.3 is 0 Å².